The van der Waals surface area contributed by atoms with Crippen molar-refractivity contribution in [3.8, 4) is 11.3 Å². The molecule has 2 aromatic heterocycles. The van der Waals surface area contributed by atoms with Crippen molar-refractivity contribution in [3.05, 3.63) is 52.5 Å². The molecule has 1 amide bonds. The molecule has 0 radical (unpaired) electrons. The molecule has 3 rings (SSSR count). The van der Waals surface area contributed by atoms with E-state index in [2.05, 4.69) is 15.5 Å². The van der Waals surface area contributed by atoms with Crippen LogP contribution in [0.15, 0.2) is 34.7 Å². The summed E-state index contributed by atoms with van der Waals surface area (Å²) in [6.07, 6.45) is 0.771. The van der Waals surface area contributed by atoms with E-state index in [0.29, 0.717) is 27.8 Å². The number of halogens is 1. The van der Waals surface area contributed by atoms with E-state index in [9.17, 15) is 9.18 Å². The van der Waals surface area contributed by atoms with Crippen molar-refractivity contribution in [1.29, 1.82) is 0 Å². The molecule has 5 nitrogen and oxygen atoms in total. The Morgan fingerprint density at radius 1 is 1.30 bits per heavy atom. The van der Waals surface area contributed by atoms with E-state index in [0.717, 1.165) is 11.4 Å². The van der Waals surface area contributed by atoms with Crippen LogP contribution in [-0.2, 0) is 6.42 Å². The number of hydrogen-bond donors (Lipinski definition) is 1. The molecular weight excluding hydrogens is 317 g/mol. The van der Waals surface area contributed by atoms with Gasteiger partial charge >= 0.3 is 0 Å². The quantitative estimate of drug-likeness (QED) is 0.783. The minimum atomic E-state index is -0.321. The highest BCUT2D eigenvalue weighted by molar-refractivity contribution is 7.15. The van der Waals surface area contributed by atoms with Gasteiger partial charge in [0.15, 0.2) is 0 Å². The Balaban J connectivity index is 1.82. The molecule has 0 aliphatic carbocycles. The SMILES string of the molecule is CCc1nnc(NC(=O)c2cc(-c3ccc(F)cc3)oc2C)s1. The van der Waals surface area contributed by atoms with Crippen molar-refractivity contribution in [1.82, 2.24) is 10.2 Å². The van der Waals surface area contributed by atoms with Crippen molar-refractivity contribution in [2.75, 3.05) is 5.32 Å². The largest absolute Gasteiger partial charge is 0.461 e. The number of aryl methyl sites for hydroxylation is 2. The lowest BCUT2D eigenvalue weighted by Gasteiger charge is -1.98. The third kappa shape index (κ3) is 3.29. The van der Waals surface area contributed by atoms with Gasteiger partial charge in [0.2, 0.25) is 5.13 Å². The summed E-state index contributed by atoms with van der Waals surface area (Å²) in [5, 5.41) is 11.9. The van der Waals surface area contributed by atoms with Crippen LogP contribution in [0.4, 0.5) is 9.52 Å². The maximum absolute atomic E-state index is 13.0. The highest BCUT2D eigenvalue weighted by atomic mass is 32.1. The van der Waals surface area contributed by atoms with Crippen molar-refractivity contribution in [2.45, 2.75) is 20.3 Å². The fraction of sp³-hybridized carbons (Fsp3) is 0.188. The van der Waals surface area contributed by atoms with Crippen molar-refractivity contribution >= 4 is 22.4 Å². The van der Waals surface area contributed by atoms with Crippen LogP contribution in [0, 0.1) is 12.7 Å². The highest BCUT2D eigenvalue weighted by Crippen LogP contribution is 2.26. The van der Waals surface area contributed by atoms with Gasteiger partial charge in [-0.05, 0) is 43.7 Å². The summed E-state index contributed by atoms with van der Waals surface area (Å²) >= 11 is 1.34. The van der Waals surface area contributed by atoms with E-state index in [1.165, 1.54) is 23.5 Å². The van der Waals surface area contributed by atoms with Gasteiger partial charge in [-0.3, -0.25) is 10.1 Å². The number of aromatic nitrogens is 2. The molecule has 0 fully saturated rings. The van der Waals surface area contributed by atoms with Crippen LogP contribution < -0.4 is 5.32 Å². The standard InChI is InChI=1S/C16H14FN3O2S/c1-3-14-19-20-16(23-14)18-15(21)12-8-13(22-9(12)2)10-4-6-11(17)7-5-10/h4-8H,3H2,1-2H3,(H,18,20,21). The number of benzene rings is 1. The minimum Gasteiger partial charge on any atom is -0.461 e. The third-order valence-electron chi connectivity index (χ3n) is 3.28. The Bertz CT molecular complexity index is 839. The Labute approximate surface area is 136 Å². The lowest BCUT2D eigenvalue weighted by atomic mass is 10.1. The first-order valence-electron chi connectivity index (χ1n) is 7.07. The highest BCUT2D eigenvalue weighted by Gasteiger charge is 2.17. The number of furan rings is 1. The number of nitrogens with zero attached hydrogens (tertiary/aromatic N) is 2. The Hall–Kier alpha value is -2.54. The molecule has 0 spiro atoms. The number of carbonyl (C=O) groups excluding carboxylic acids is 1. The Morgan fingerprint density at radius 3 is 2.70 bits per heavy atom. The molecule has 23 heavy (non-hydrogen) atoms. The molecule has 0 bridgehead atoms. The lowest BCUT2D eigenvalue weighted by molar-refractivity contribution is 0.102. The zero-order chi connectivity index (χ0) is 16.4. The van der Waals surface area contributed by atoms with E-state index < -0.39 is 0 Å². The predicted molar refractivity (Wildman–Crippen MR) is 86.1 cm³/mol. The third-order valence-corrected chi connectivity index (χ3v) is 4.26. The molecule has 1 N–H and O–H groups in total. The van der Waals surface area contributed by atoms with Crippen LogP contribution in [0.2, 0.25) is 0 Å². The van der Waals surface area contributed by atoms with Crippen LogP contribution in [0.3, 0.4) is 0 Å². The summed E-state index contributed by atoms with van der Waals surface area (Å²) in [5.41, 5.74) is 1.12. The van der Waals surface area contributed by atoms with Crippen LogP contribution >= 0.6 is 11.3 Å². The van der Waals surface area contributed by atoms with Gasteiger partial charge in [-0.1, -0.05) is 18.3 Å². The first-order chi connectivity index (χ1) is 11.1. The number of amides is 1. The number of hydrogen-bond acceptors (Lipinski definition) is 5. The molecular formula is C16H14FN3O2S. The molecule has 7 heteroatoms. The van der Waals surface area contributed by atoms with E-state index in [4.69, 9.17) is 4.42 Å². The van der Waals surface area contributed by atoms with Crippen molar-refractivity contribution in [3.63, 3.8) is 0 Å². The first-order valence-corrected chi connectivity index (χ1v) is 7.88. The summed E-state index contributed by atoms with van der Waals surface area (Å²) in [6.45, 7) is 3.68. The number of rotatable bonds is 4. The normalized spacial score (nSPS) is 10.7. The molecule has 118 valence electrons. The van der Waals surface area contributed by atoms with Crippen LogP contribution in [0.25, 0.3) is 11.3 Å². The van der Waals surface area contributed by atoms with Gasteiger partial charge in [0.25, 0.3) is 5.91 Å². The van der Waals surface area contributed by atoms with Gasteiger partial charge < -0.3 is 4.42 Å². The van der Waals surface area contributed by atoms with E-state index in [1.54, 1.807) is 25.1 Å². The molecule has 0 aliphatic rings. The average Bonchev–Trinajstić information content (AvgIpc) is 3.14. The number of anilines is 1. The summed E-state index contributed by atoms with van der Waals surface area (Å²) < 4.78 is 18.6. The second-order valence-corrected chi connectivity index (χ2v) is 5.96. The summed E-state index contributed by atoms with van der Waals surface area (Å²) in [5.74, 6) is 0.373. The average molecular weight is 331 g/mol. The fourth-order valence-corrected chi connectivity index (χ4v) is 2.75. The molecule has 3 aromatic rings. The Morgan fingerprint density at radius 2 is 2.04 bits per heavy atom. The van der Waals surface area contributed by atoms with E-state index in [-0.39, 0.29) is 11.7 Å². The van der Waals surface area contributed by atoms with Crippen LogP contribution in [-0.4, -0.2) is 16.1 Å². The maximum Gasteiger partial charge on any atom is 0.261 e. The van der Waals surface area contributed by atoms with Gasteiger partial charge in [0.1, 0.15) is 22.3 Å². The molecule has 0 atom stereocenters. The summed E-state index contributed by atoms with van der Waals surface area (Å²) in [4.78, 5) is 12.3. The molecule has 0 aliphatic heterocycles. The maximum atomic E-state index is 13.0. The second-order valence-electron chi connectivity index (χ2n) is 4.90. The Kier molecular flexibility index (Phi) is 4.20. The molecule has 2 heterocycles. The minimum absolute atomic E-state index is 0.307. The topological polar surface area (TPSA) is 68.0 Å². The smallest absolute Gasteiger partial charge is 0.261 e. The van der Waals surface area contributed by atoms with Crippen LogP contribution in [0.5, 0.6) is 0 Å². The lowest BCUT2D eigenvalue weighted by Crippen LogP contribution is -2.11. The van der Waals surface area contributed by atoms with Gasteiger partial charge in [-0.2, -0.15) is 0 Å². The molecule has 1 aromatic carbocycles. The monoisotopic (exact) mass is 331 g/mol. The van der Waals surface area contributed by atoms with Crippen LogP contribution in [0.1, 0.15) is 28.0 Å². The fourth-order valence-electron chi connectivity index (χ4n) is 2.08. The summed E-state index contributed by atoms with van der Waals surface area (Å²) in [7, 11) is 0. The number of nitrogens with one attached hydrogen (secondary N) is 1. The van der Waals surface area contributed by atoms with Gasteiger partial charge in [0, 0.05) is 5.56 Å². The zero-order valence-corrected chi connectivity index (χ0v) is 13.4. The molecule has 0 saturated heterocycles. The zero-order valence-electron chi connectivity index (χ0n) is 12.6. The molecule has 0 saturated carbocycles. The van der Waals surface area contributed by atoms with E-state index in [1.807, 2.05) is 6.92 Å². The van der Waals surface area contributed by atoms with Crippen molar-refractivity contribution < 1.29 is 13.6 Å². The van der Waals surface area contributed by atoms with E-state index >= 15 is 0 Å². The summed E-state index contributed by atoms with van der Waals surface area (Å²) in [6, 6.07) is 7.54. The van der Waals surface area contributed by atoms with Gasteiger partial charge in [-0.25, -0.2) is 4.39 Å². The van der Waals surface area contributed by atoms with Crippen molar-refractivity contribution in [2.24, 2.45) is 0 Å². The molecule has 0 unspecified atom stereocenters. The van der Waals surface area contributed by atoms with Gasteiger partial charge in [0.05, 0.1) is 5.56 Å². The predicted octanol–water partition coefficient (Wildman–Crippen LogP) is 4.06. The first kappa shape index (κ1) is 15.4. The number of carbonyl (C=O) groups is 1. The van der Waals surface area contributed by atoms with Gasteiger partial charge in [-0.15, -0.1) is 10.2 Å². The second kappa shape index (κ2) is 6.29.